The second-order valence-corrected chi connectivity index (χ2v) is 5.33. The Morgan fingerprint density at radius 1 is 1.29 bits per heavy atom. The molecule has 0 aliphatic carbocycles. The summed E-state index contributed by atoms with van der Waals surface area (Å²) in [5.74, 6) is 0. The Bertz CT molecular complexity index is 335. The van der Waals surface area contributed by atoms with Crippen molar-refractivity contribution in [2.45, 2.75) is 38.3 Å². The standard InChI is InChI=1S/C14H22ClNO/c1-14(2,17-4)10-9-13(16-3)11-5-7-12(15)8-6-11/h5-8,13,16H,9-10H2,1-4H3. The molecule has 0 bridgehead atoms. The minimum absolute atomic E-state index is 0.0679. The zero-order valence-corrected chi connectivity index (χ0v) is 11.8. The third kappa shape index (κ3) is 4.66. The number of ether oxygens (including phenoxy) is 1. The zero-order valence-electron chi connectivity index (χ0n) is 11.1. The molecule has 1 N–H and O–H groups in total. The van der Waals surface area contributed by atoms with E-state index in [0.717, 1.165) is 17.9 Å². The van der Waals surface area contributed by atoms with E-state index in [1.807, 2.05) is 19.2 Å². The van der Waals surface area contributed by atoms with Crippen LogP contribution in [0.15, 0.2) is 24.3 Å². The number of rotatable bonds is 6. The van der Waals surface area contributed by atoms with Crippen LogP contribution >= 0.6 is 11.6 Å². The van der Waals surface area contributed by atoms with Crippen LogP contribution in [-0.2, 0) is 4.74 Å². The minimum Gasteiger partial charge on any atom is -0.379 e. The Morgan fingerprint density at radius 2 is 1.88 bits per heavy atom. The zero-order chi connectivity index (χ0) is 12.9. The van der Waals surface area contributed by atoms with Crippen molar-refractivity contribution in [1.82, 2.24) is 5.32 Å². The normalized spacial score (nSPS) is 13.7. The van der Waals surface area contributed by atoms with E-state index in [1.165, 1.54) is 5.56 Å². The van der Waals surface area contributed by atoms with Gasteiger partial charge in [0, 0.05) is 18.2 Å². The van der Waals surface area contributed by atoms with Gasteiger partial charge in [-0.05, 0) is 51.4 Å². The van der Waals surface area contributed by atoms with E-state index in [1.54, 1.807) is 7.11 Å². The Morgan fingerprint density at radius 3 is 2.35 bits per heavy atom. The van der Waals surface area contributed by atoms with Gasteiger partial charge in [0.25, 0.3) is 0 Å². The van der Waals surface area contributed by atoms with Crippen LogP contribution in [0.1, 0.15) is 38.3 Å². The molecule has 0 saturated heterocycles. The SMILES string of the molecule is CNC(CCC(C)(C)OC)c1ccc(Cl)cc1. The maximum Gasteiger partial charge on any atom is 0.0623 e. The molecule has 17 heavy (non-hydrogen) atoms. The number of benzene rings is 1. The van der Waals surface area contributed by atoms with Crippen molar-refractivity contribution in [3.8, 4) is 0 Å². The van der Waals surface area contributed by atoms with Gasteiger partial charge in [0.1, 0.15) is 0 Å². The fourth-order valence-corrected chi connectivity index (χ4v) is 1.89. The lowest BCUT2D eigenvalue weighted by Crippen LogP contribution is -2.25. The molecule has 0 aliphatic heterocycles. The molecule has 96 valence electrons. The second kappa shape index (κ2) is 6.39. The number of hydrogen-bond donors (Lipinski definition) is 1. The van der Waals surface area contributed by atoms with Crippen LogP contribution < -0.4 is 5.32 Å². The number of halogens is 1. The van der Waals surface area contributed by atoms with Crippen molar-refractivity contribution in [2.75, 3.05) is 14.2 Å². The van der Waals surface area contributed by atoms with Crippen molar-refractivity contribution in [3.05, 3.63) is 34.9 Å². The third-order valence-electron chi connectivity index (χ3n) is 3.21. The molecule has 0 radical (unpaired) electrons. The van der Waals surface area contributed by atoms with Gasteiger partial charge in [-0.15, -0.1) is 0 Å². The highest BCUT2D eigenvalue weighted by molar-refractivity contribution is 6.30. The van der Waals surface area contributed by atoms with Crippen molar-refractivity contribution in [1.29, 1.82) is 0 Å². The summed E-state index contributed by atoms with van der Waals surface area (Å²) in [7, 11) is 3.75. The first-order valence-corrected chi connectivity index (χ1v) is 6.34. The molecule has 0 amide bonds. The molecular weight excluding hydrogens is 234 g/mol. The lowest BCUT2D eigenvalue weighted by atomic mass is 9.95. The highest BCUT2D eigenvalue weighted by Gasteiger charge is 2.19. The summed E-state index contributed by atoms with van der Waals surface area (Å²) in [4.78, 5) is 0. The van der Waals surface area contributed by atoms with Gasteiger partial charge in [-0.3, -0.25) is 0 Å². The molecule has 0 fully saturated rings. The van der Waals surface area contributed by atoms with Gasteiger partial charge >= 0.3 is 0 Å². The van der Waals surface area contributed by atoms with Crippen LogP contribution in [0.4, 0.5) is 0 Å². The first-order valence-electron chi connectivity index (χ1n) is 5.96. The van der Waals surface area contributed by atoms with Gasteiger partial charge in [0.05, 0.1) is 5.60 Å². The van der Waals surface area contributed by atoms with Crippen LogP contribution in [-0.4, -0.2) is 19.8 Å². The first kappa shape index (κ1) is 14.5. The van der Waals surface area contributed by atoms with E-state index in [9.17, 15) is 0 Å². The van der Waals surface area contributed by atoms with Crippen molar-refractivity contribution in [2.24, 2.45) is 0 Å². The van der Waals surface area contributed by atoms with Crippen molar-refractivity contribution < 1.29 is 4.74 Å². The molecule has 1 aromatic carbocycles. The molecule has 0 aromatic heterocycles. The maximum absolute atomic E-state index is 5.89. The lowest BCUT2D eigenvalue weighted by Gasteiger charge is -2.26. The third-order valence-corrected chi connectivity index (χ3v) is 3.46. The summed E-state index contributed by atoms with van der Waals surface area (Å²) in [6, 6.07) is 8.36. The Labute approximate surface area is 109 Å². The smallest absolute Gasteiger partial charge is 0.0623 e. The molecule has 1 unspecified atom stereocenters. The van der Waals surface area contributed by atoms with Gasteiger partial charge in [0.15, 0.2) is 0 Å². The number of nitrogens with one attached hydrogen (secondary N) is 1. The summed E-state index contributed by atoms with van der Waals surface area (Å²) in [6.07, 6.45) is 2.05. The molecule has 0 aliphatic rings. The van der Waals surface area contributed by atoms with E-state index in [2.05, 4.69) is 31.3 Å². The Hall–Kier alpha value is -0.570. The number of hydrogen-bond acceptors (Lipinski definition) is 2. The van der Waals surface area contributed by atoms with Gasteiger partial charge in [-0.1, -0.05) is 23.7 Å². The van der Waals surface area contributed by atoms with Crippen molar-refractivity contribution in [3.63, 3.8) is 0 Å². The van der Waals surface area contributed by atoms with Gasteiger partial charge in [-0.25, -0.2) is 0 Å². The van der Waals surface area contributed by atoms with Gasteiger partial charge < -0.3 is 10.1 Å². The lowest BCUT2D eigenvalue weighted by molar-refractivity contribution is 0.0118. The summed E-state index contributed by atoms with van der Waals surface area (Å²) >= 11 is 5.89. The summed E-state index contributed by atoms with van der Waals surface area (Å²) < 4.78 is 5.44. The average Bonchev–Trinajstić information content (AvgIpc) is 2.32. The maximum atomic E-state index is 5.89. The van der Waals surface area contributed by atoms with Gasteiger partial charge in [0.2, 0.25) is 0 Å². The molecular formula is C14H22ClNO. The molecule has 0 saturated carbocycles. The van der Waals surface area contributed by atoms with E-state index in [4.69, 9.17) is 16.3 Å². The van der Waals surface area contributed by atoms with Crippen LogP contribution in [0.25, 0.3) is 0 Å². The molecule has 0 heterocycles. The monoisotopic (exact) mass is 255 g/mol. The summed E-state index contributed by atoms with van der Waals surface area (Å²) in [6.45, 7) is 4.23. The Balaban J connectivity index is 2.63. The Kier molecular flexibility index (Phi) is 5.44. The fraction of sp³-hybridized carbons (Fsp3) is 0.571. The summed E-state index contributed by atoms with van der Waals surface area (Å²) in [5.41, 5.74) is 1.20. The summed E-state index contributed by atoms with van der Waals surface area (Å²) in [5, 5.41) is 4.11. The highest BCUT2D eigenvalue weighted by atomic mass is 35.5. The first-order chi connectivity index (χ1) is 7.98. The van der Waals surface area contributed by atoms with E-state index < -0.39 is 0 Å². The molecule has 1 atom stereocenters. The van der Waals surface area contributed by atoms with Gasteiger partial charge in [-0.2, -0.15) is 0 Å². The van der Waals surface area contributed by atoms with Crippen LogP contribution in [0.2, 0.25) is 5.02 Å². The van der Waals surface area contributed by atoms with Crippen LogP contribution in [0.3, 0.4) is 0 Å². The molecule has 1 rings (SSSR count). The highest BCUT2D eigenvalue weighted by Crippen LogP contribution is 2.25. The van der Waals surface area contributed by atoms with Crippen molar-refractivity contribution >= 4 is 11.6 Å². The number of methoxy groups -OCH3 is 1. The predicted octanol–water partition coefficient (Wildman–Crippen LogP) is 3.81. The topological polar surface area (TPSA) is 21.3 Å². The average molecular weight is 256 g/mol. The van der Waals surface area contributed by atoms with E-state index in [0.29, 0.717) is 6.04 Å². The molecule has 2 nitrogen and oxygen atoms in total. The quantitative estimate of drug-likeness (QED) is 0.835. The molecule has 3 heteroatoms. The van der Waals surface area contributed by atoms with E-state index in [-0.39, 0.29) is 5.60 Å². The van der Waals surface area contributed by atoms with Crippen LogP contribution in [0.5, 0.6) is 0 Å². The fourth-order valence-electron chi connectivity index (χ4n) is 1.77. The minimum atomic E-state index is -0.0679. The van der Waals surface area contributed by atoms with Crippen LogP contribution in [0, 0.1) is 0 Å². The largest absolute Gasteiger partial charge is 0.379 e. The predicted molar refractivity (Wildman–Crippen MR) is 73.6 cm³/mol. The molecule has 0 spiro atoms. The second-order valence-electron chi connectivity index (χ2n) is 4.90. The molecule has 1 aromatic rings. The van der Waals surface area contributed by atoms with E-state index >= 15 is 0 Å².